The minimum absolute atomic E-state index is 0.0570. The van der Waals surface area contributed by atoms with Crippen LogP contribution in [0.25, 0.3) is 34.5 Å². The molecule has 13 heteroatoms. The molecule has 258 valence electrons. The highest BCUT2D eigenvalue weighted by Gasteiger charge is 2.31. The number of benzene rings is 4. The highest BCUT2D eigenvalue weighted by molar-refractivity contribution is 6.36. The molecule has 0 aliphatic rings. The van der Waals surface area contributed by atoms with Crippen molar-refractivity contribution >= 4 is 47.2 Å². The smallest absolute Gasteiger partial charge is 0.494 e. The average molecular weight is 725 g/mol. The molecular formula is C37H30Cl2F3N3O5. The van der Waals surface area contributed by atoms with Crippen molar-refractivity contribution in [2.45, 2.75) is 32.3 Å². The Bertz CT molecular complexity index is 1960. The summed E-state index contributed by atoms with van der Waals surface area (Å²) in [7, 11) is 0. The lowest BCUT2D eigenvalue weighted by molar-refractivity contribution is -0.274. The van der Waals surface area contributed by atoms with E-state index in [1.165, 1.54) is 24.3 Å². The van der Waals surface area contributed by atoms with Crippen LogP contribution in [-0.2, 0) is 22.7 Å². The molecular weight excluding hydrogens is 694 g/mol. The van der Waals surface area contributed by atoms with E-state index in [2.05, 4.69) is 10.1 Å². The molecule has 0 fully saturated rings. The summed E-state index contributed by atoms with van der Waals surface area (Å²) in [6.45, 7) is 0.326. The van der Waals surface area contributed by atoms with Gasteiger partial charge in [0.1, 0.15) is 23.9 Å². The molecule has 0 spiro atoms. The fraction of sp³-hybridized carbons (Fsp3) is 0.162. The number of aliphatic carboxylic acids is 1. The number of imidazole rings is 1. The maximum Gasteiger partial charge on any atom is 0.573 e. The van der Waals surface area contributed by atoms with Crippen molar-refractivity contribution in [2.24, 2.45) is 0 Å². The first kappa shape index (κ1) is 36.0. The SMILES string of the molecule is O=C(O)CCCOc1ccc(-c2ccc(C=Cc3nc(-c4ccc(Cl)cc4Cl)cn3CC(=O)NCc3ccc(OC(F)(F)F)cc3)cc2)cc1. The lowest BCUT2D eigenvalue weighted by Gasteiger charge is -2.10. The fourth-order valence-corrected chi connectivity index (χ4v) is 5.36. The summed E-state index contributed by atoms with van der Waals surface area (Å²) in [5, 5.41) is 12.4. The van der Waals surface area contributed by atoms with E-state index in [0.29, 0.717) is 51.5 Å². The Morgan fingerprint density at radius 1 is 0.880 bits per heavy atom. The van der Waals surface area contributed by atoms with Gasteiger partial charge in [-0.2, -0.15) is 0 Å². The van der Waals surface area contributed by atoms with Gasteiger partial charge in [-0.15, -0.1) is 13.2 Å². The van der Waals surface area contributed by atoms with Gasteiger partial charge in [0.25, 0.3) is 0 Å². The third-order valence-electron chi connectivity index (χ3n) is 7.30. The van der Waals surface area contributed by atoms with Gasteiger partial charge in [-0.05, 0) is 77.2 Å². The van der Waals surface area contributed by atoms with Crippen molar-refractivity contribution in [1.29, 1.82) is 0 Å². The predicted molar refractivity (Wildman–Crippen MR) is 186 cm³/mol. The highest BCUT2D eigenvalue weighted by atomic mass is 35.5. The zero-order valence-electron chi connectivity index (χ0n) is 26.3. The third kappa shape index (κ3) is 10.6. The number of alkyl halides is 3. The van der Waals surface area contributed by atoms with Crippen LogP contribution >= 0.6 is 23.2 Å². The van der Waals surface area contributed by atoms with Gasteiger partial charge in [0.05, 0.1) is 17.3 Å². The van der Waals surface area contributed by atoms with Gasteiger partial charge in [-0.25, -0.2) is 4.98 Å². The van der Waals surface area contributed by atoms with E-state index in [-0.39, 0.29) is 31.2 Å². The molecule has 50 heavy (non-hydrogen) atoms. The molecule has 0 saturated heterocycles. The van der Waals surface area contributed by atoms with Crippen LogP contribution in [0, 0.1) is 0 Å². The van der Waals surface area contributed by atoms with Crippen molar-refractivity contribution in [3.05, 3.63) is 124 Å². The fourth-order valence-electron chi connectivity index (χ4n) is 4.85. The van der Waals surface area contributed by atoms with Gasteiger partial charge in [0, 0.05) is 29.7 Å². The minimum Gasteiger partial charge on any atom is -0.494 e. The Morgan fingerprint density at radius 2 is 1.54 bits per heavy atom. The zero-order valence-corrected chi connectivity index (χ0v) is 27.8. The second kappa shape index (κ2) is 16.4. The maximum atomic E-state index is 13.0. The number of amides is 1. The molecule has 0 radical (unpaired) electrons. The van der Waals surface area contributed by atoms with E-state index in [9.17, 15) is 22.8 Å². The number of rotatable bonds is 14. The molecule has 0 aliphatic carbocycles. The normalized spacial score (nSPS) is 11.5. The Balaban J connectivity index is 1.27. The lowest BCUT2D eigenvalue weighted by atomic mass is 10.0. The lowest BCUT2D eigenvalue weighted by Crippen LogP contribution is -2.27. The predicted octanol–water partition coefficient (Wildman–Crippen LogP) is 9.15. The van der Waals surface area contributed by atoms with Crippen LogP contribution in [0.3, 0.4) is 0 Å². The minimum atomic E-state index is -4.79. The van der Waals surface area contributed by atoms with Gasteiger partial charge in [0.2, 0.25) is 5.91 Å². The zero-order chi connectivity index (χ0) is 35.7. The second-order valence-electron chi connectivity index (χ2n) is 11.0. The van der Waals surface area contributed by atoms with Crippen molar-refractivity contribution in [1.82, 2.24) is 14.9 Å². The molecule has 5 aromatic rings. The summed E-state index contributed by atoms with van der Waals surface area (Å²) in [5.74, 6) is -0.400. The molecule has 0 unspecified atom stereocenters. The van der Waals surface area contributed by atoms with Crippen LogP contribution in [0.5, 0.6) is 11.5 Å². The summed E-state index contributed by atoms with van der Waals surface area (Å²) in [4.78, 5) is 28.4. The number of hydrogen-bond acceptors (Lipinski definition) is 5. The number of carboxylic acid groups (broad SMARTS) is 1. The standard InChI is InChI=1S/C37H30Cl2F3N3O5/c38-28-12-17-31(32(39)20-28)33-22-45(23-35(46)43-21-25-5-13-30(14-6-25)50-37(40,41)42)34(44-33)18-7-24-3-8-26(9-4-24)27-10-15-29(16-11-27)49-19-1-2-36(47)48/h3-18,20,22H,1-2,19,21,23H2,(H,43,46)(H,47,48). The first-order valence-corrected chi connectivity index (χ1v) is 16.0. The molecule has 1 heterocycles. The van der Waals surface area contributed by atoms with Crippen molar-refractivity contribution in [3.63, 3.8) is 0 Å². The molecule has 0 saturated carbocycles. The molecule has 1 amide bonds. The molecule has 2 N–H and O–H groups in total. The largest absolute Gasteiger partial charge is 0.573 e. The number of nitrogens with one attached hydrogen (secondary N) is 1. The highest BCUT2D eigenvalue weighted by Crippen LogP contribution is 2.30. The Hall–Kier alpha value is -5.26. The first-order chi connectivity index (χ1) is 23.9. The van der Waals surface area contributed by atoms with Gasteiger partial charge >= 0.3 is 12.3 Å². The third-order valence-corrected chi connectivity index (χ3v) is 7.85. The molecule has 0 bridgehead atoms. The Morgan fingerprint density at radius 3 is 2.18 bits per heavy atom. The number of carboxylic acids is 1. The quantitative estimate of drug-likeness (QED) is 0.111. The summed E-state index contributed by atoms with van der Waals surface area (Å²) in [5.41, 5.74) is 4.61. The second-order valence-corrected chi connectivity index (χ2v) is 11.9. The van der Waals surface area contributed by atoms with Crippen LogP contribution in [0.15, 0.2) is 97.2 Å². The summed E-state index contributed by atoms with van der Waals surface area (Å²) < 4.78 is 48.6. The van der Waals surface area contributed by atoms with Crippen molar-refractivity contribution in [2.75, 3.05) is 6.61 Å². The van der Waals surface area contributed by atoms with Crippen LogP contribution < -0.4 is 14.8 Å². The molecule has 0 aliphatic heterocycles. The monoisotopic (exact) mass is 723 g/mol. The Kier molecular flexibility index (Phi) is 11.8. The van der Waals surface area contributed by atoms with E-state index >= 15 is 0 Å². The van der Waals surface area contributed by atoms with E-state index in [0.717, 1.165) is 16.7 Å². The van der Waals surface area contributed by atoms with Gasteiger partial charge in [0.15, 0.2) is 0 Å². The van der Waals surface area contributed by atoms with E-state index < -0.39 is 12.3 Å². The van der Waals surface area contributed by atoms with E-state index in [4.69, 9.17) is 38.0 Å². The van der Waals surface area contributed by atoms with Crippen LogP contribution in [0.1, 0.15) is 29.8 Å². The summed E-state index contributed by atoms with van der Waals surface area (Å²) in [6, 6.07) is 25.7. The first-order valence-electron chi connectivity index (χ1n) is 15.3. The van der Waals surface area contributed by atoms with Crippen LogP contribution in [0.2, 0.25) is 10.0 Å². The molecule has 0 atom stereocenters. The van der Waals surface area contributed by atoms with Gasteiger partial charge in [-0.3, -0.25) is 9.59 Å². The average Bonchev–Trinajstić information content (AvgIpc) is 3.47. The number of halogens is 5. The number of carbonyl (C=O) groups excluding carboxylic acids is 1. The van der Waals surface area contributed by atoms with Gasteiger partial charge < -0.3 is 24.5 Å². The number of nitrogens with zero attached hydrogens (tertiary/aromatic N) is 2. The summed E-state index contributed by atoms with van der Waals surface area (Å²) in [6.07, 6.45) is 1.06. The molecule has 1 aromatic heterocycles. The van der Waals surface area contributed by atoms with Crippen molar-refractivity contribution in [3.8, 4) is 33.9 Å². The van der Waals surface area contributed by atoms with Crippen LogP contribution in [-0.4, -0.2) is 39.5 Å². The van der Waals surface area contributed by atoms with Crippen LogP contribution in [0.4, 0.5) is 13.2 Å². The molecule has 5 rings (SSSR count). The van der Waals surface area contributed by atoms with Gasteiger partial charge in [-0.1, -0.05) is 77.8 Å². The topological polar surface area (TPSA) is 103 Å². The molecule has 4 aromatic carbocycles. The molecule has 8 nitrogen and oxygen atoms in total. The Labute approximate surface area is 295 Å². The number of aromatic nitrogens is 2. The maximum absolute atomic E-state index is 13.0. The number of hydrogen-bond donors (Lipinski definition) is 2. The van der Waals surface area contributed by atoms with Crippen molar-refractivity contribution < 1.29 is 37.3 Å². The number of carbonyl (C=O) groups is 2. The summed E-state index contributed by atoms with van der Waals surface area (Å²) >= 11 is 12.5. The van der Waals surface area contributed by atoms with E-state index in [1.807, 2.05) is 54.6 Å². The number of ether oxygens (including phenoxy) is 2. The van der Waals surface area contributed by atoms with E-state index in [1.54, 1.807) is 35.0 Å².